The zero-order valence-electron chi connectivity index (χ0n) is 14.9. The monoisotopic (exact) mass is 361 g/mol. The van der Waals surface area contributed by atoms with Crippen molar-refractivity contribution in [2.45, 2.75) is 40.2 Å². The summed E-state index contributed by atoms with van der Waals surface area (Å²) in [5.41, 5.74) is 1.70. The minimum absolute atomic E-state index is 0.374. The van der Waals surface area contributed by atoms with Crippen LogP contribution in [0.25, 0.3) is 0 Å². The molecule has 1 N–H and O–H groups in total. The van der Waals surface area contributed by atoms with E-state index in [0.29, 0.717) is 17.2 Å². The maximum absolute atomic E-state index is 12.2. The largest absolute Gasteiger partial charge is 0.494 e. The summed E-state index contributed by atoms with van der Waals surface area (Å²) in [5, 5.41) is 2.73. The second-order valence-electron chi connectivity index (χ2n) is 5.56. The molecule has 134 valence electrons. The van der Waals surface area contributed by atoms with E-state index in [4.69, 9.17) is 9.47 Å². The number of amides is 1. The number of anilines is 1. The number of hydrogen-bond donors (Lipinski definition) is 1. The van der Waals surface area contributed by atoms with Crippen LogP contribution in [-0.2, 0) is 16.0 Å². The zero-order valence-corrected chi connectivity index (χ0v) is 15.7. The van der Waals surface area contributed by atoms with Crippen LogP contribution in [-0.4, -0.2) is 24.6 Å². The van der Waals surface area contributed by atoms with Gasteiger partial charge in [0.15, 0.2) is 6.10 Å². The fourth-order valence-electron chi connectivity index (χ4n) is 2.29. The number of carbonyl (C=O) groups is 2. The quantitative estimate of drug-likeness (QED) is 0.751. The van der Waals surface area contributed by atoms with Crippen molar-refractivity contribution in [3.63, 3.8) is 0 Å². The van der Waals surface area contributed by atoms with Crippen LogP contribution >= 0.6 is 11.3 Å². The third-order valence-corrected chi connectivity index (χ3v) is 4.99. The van der Waals surface area contributed by atoms with E-state index in [1.807, 2.05) is 26.8 Å². The molecule has 1 aromatic carbocycles. The van der Waals surface area contributed by atoms with Crippen LogP contribution in [0.2, 0.25) is 0 Å². The van der Waals surface area contributed by atoms with Gasteiger partial charge in [-0.15, -0.1) is 11.3 Å². The average molecular weight is 361 g/mol. The van der Waals surface area contributed by atoms with E-state index in [1.54, 1.807) is 31.2 Å². The molecule has 1 amide bonds. The number of ether oxygens (including phenoxy) is 2. The van der Waals surface area contributed by atoms with Crippen LogP contribution in [0.5, 0.6) is 5.75 Å². The minimum Gasteiger partial charge on any atom is -0.494 e. The molecule has 0 unspecified atom stereocenters. The molecule has 0 fully saturated rings. The molecule has 1 aromatic heterocycles. The van der Waals surface area contributed by atoms with Crippen molar-refractivity contribution < 1.29 is 19.1 Å². The van der Waals surface area contributed by atoms with E-state index < -0.39 is 12.1 Å². The van der Waals surface area contributed by atoms with Gasteiger partial charge in [-0.05, 0) is 63.1 Å². The van der Waals surface area contributed by atoms with Crippen molar-refractivity contribution in [2.75, 3.05) is 11.9 Å². The number of aryl methyl sites for hydroxylation is 2. The van der Waals surface area contributed by atoms with Gasteiger partial charge in [0.25, 0.3) is 5.91 Å². The summed E-state index contributed by atoms with van der Waals surface area (Å²) >= 11 is 1.41. The molecule has 5 nitrogen and oxygen atoms in total. The Bertz CT molecular complexity index is 736. The predicted octanol–water partition coefficient (Wildman–Crippen LogP) is 4.20. The number of hydrogen-bond acceptors (Lipinski definition) is 5. The standard InChI is InChI=1S/C19H23NO4S/c1-5-16-12(3)11-17(25-16)19(22)24-13(4)18(21)20-14-7-9-15(10-8-14)23-6-2/h7-11,13H,5-6H2,1-4H3,(H,20,21)/t13-/m1/s1. The van der Waals surface area contributed by atoms with E-state index >= 15 is 0 Å². The topological polar surface area (TPSA) is 64.6 Å². The van der Waals surface area contributed by atoms with Gasteiger partial charge >= 0.3 is 5.97 Å². The second kappa shape index (κ2) is 8.67. The summed E-state index contributed by atoms with van der Waals surface area (Å²) in [6.07, 6.45) is -0.0102. The van der Waals surface area contributed by atoms with E-state index in [9.17, 15) is 9.59 Å². The molecule has 2 aromatic rings. The Kier molecular flexibility index (Phi) is 6.58. The van der Waals surface area contributed by atoms with Gasteiger partial charge in [-0.1, -0.05) is 6.92 Å². The highest BCUT2D eigenvalue weighted by molar-refractivity contribution is 7.14. The highest BCUT2D eigenvalue weighted by Gasteiger charge is 2.21. The molecule has 0 radical (unpaired) electrons. The first-order chi connectivity index (χ1) is 11.9. The fourth-order valence-corrected chi connectivity index (χ4v) is 3.29. The maximum Gasteiger partial charge on any atom is 0.349 e. The number of esters is 1. The number of rotatable bonds is 7. The lowest BCUT2D eigenvalue weighted by Gasteiger charge is -2.13. The molecule has 0 aliphatic rings. The Morgan fingerprint density at radius 3 is 2.44 bits per heavy atom. The van der Waals surface area contributed by atoms with Crippen molar-refractivity contribution >= 4 is 28.9 Å². The Morgan fingerprint density at radius 2 is 1.88 bits per heavy atom. The molecule has 0 saturated heterocycles. The molecule has 0 aliphatic carbocycles. The van der Waals surface area contributed by atoms with E-state index in [-0.39, 0.29) is 5.91 Å². The lowest BCUT2D eigenvalue weighted by Crippen LogP contribution is -2.29. The summed E-state index contributed by atoms with van der Waals surface area (Å²) in [4.78, 5) is 26.1. The predicted molar refractivity (Wildman–Crippen MR) is 99.6 cm³/mol. The Labute approximate surface area is 152 Å². The lowest BCUT2D eigenvalue weighted by molar-refractivity contribution is -0.123. The van der Waals surface area contributed by atoms with Crippen molar-refractivity contribution in [3.05, 3.63) is 45.6 Å². The summed E-state index contributed by atoms with van der Waals surface area (Å²) < 4.78 is 10.6. The van der Waals surface area contributed by atoms with Gasteiger partial charge in [-0.25, -0.2) is 4.79 Å². The molecule has 6 heteroatoms. The Hall–Kier alpha value is -2.34. The van der Waals surface area contributed by atoms with Gasteiger partial charge in [0, 0.05) is 10.6 Å². The summed E-state index contributed by atoms with van der Waals surface area (Å²) in [6.45, 7) is 8.06. The molecule has 0 saturated carbocycles. The maximum atomic E-state index is 12.2. The SMILES string of the molecule is CCOc1ccc(NC(=O)[C@@H](C)OC(=O)c2cc(C)c(CC)s2)cc1. The molecule has 25 heavy (non-hydrogen) atoms. The molecule has 0 bridgehead atoms. The number of benzene rings is 1. The average Bonchev–Trinajstić information content (AvgIpc) is 2.98. The van der Waals surface area contributed by atoms with Crippen molar-refractivity contribution in [1.82, 2.24) is 0 Å². The summed E-state index contributed by atoms with van der Waals surface area (Å²) in [5.74, 6) is -0.108. The van der Waals surface area contributed by atoms with Crippen molar-refractivity contribution in [3.8, 4) is 5.75 Å². The van der Waals surface area contributed by atoms with E-state index in [2.05, 4.69) is 5.32 Å². The first-order valence-electron chi connectivity index (χ1n) is 8.28. The van der Waals surface area contributed by atoms with Crippen molar-refractivity contribution in [1.29, 1.82) is 0 Å². The highest BCUT2D eigenvalue weighted by atomic mass is 32.1. The number of carbonyl (C=O) groups excluding carboxylic acids is 2. The van der Waals surface area contributed by atoms with Gasteiger partial charge < -0.3 is 14.8 Å². The van der Waals surface area contributed by atoms with Gasteiger partial charge in [0.05, 0.1) is 6.61 Å². The van der Waals surface area contributed by atoms with E-state index in [1.165, 1.54) is 11.3 Å². The molecule has 1 atom stereocenters. The van der Waals surface area contributed by atoms with Gasteiger partial charge in [-0.2, -0.15) is 0 Å². The molecule has 2 rings (SSSR count). The van der Waals surface area contributed by atoms with Crippen LogP contribution in [0.4, 0.5) is 5.69 Å². The Balaban J connectivity index is 1.93. The first kappa shape index (κ1) is 19.0. The van der Waals surface area contributed by atoms with Crippen LogP contribution in [0.1, 0.15) is 40.9 Å². The second-order valence-corrected chi connectivity index (χ2v) is 6.70. The highest BCUT2D eigenvalue weighted by Crippen LogP contribution is 2.23. The van der Waals surface area contributed by atoms with E-state index in [0.717, 1.165) is 22.6 Å². The number of thiophene rings is 1. The van der Waals surface area contributed by atoms with Crippen LogP contribution in [0, 0.1) is 6.92 Å². The smallest absolute Gasteiger partial charge is 0.349 e. The van der Waals surface area contributed by atoms with Crippen LogP contribution < -0.4 is 10.1 Å². The number of nitrogens with one attached hydrogen (secondary N) is 1. The molecular formula is C19H23NO4S. The molecule has 0 aliphatic heterocycles. The third-order valence-electron chi connectivity index (χ3n) is 3.63. The van der Waals surface area contributed by atoms with Crippen molar-refractivity contribution in [2.24, 2.45) is 0 Å². The van der Waals surface area contributed by atoms with Gasteiger partial charge in [0.2, 0.25) is 0 Å². The summed E-state index contributed by atoms with van der Waals surface area (Å²) in [6, 6.07) is 8.84. The minimum atomic E-state index is -0.883. The first-order valence-corrected chi connectivity index (χ1v) is 9.10. The normalized spacial score (nSPS) is 11.7. The summed E-state index contributed by atoms with van der Waals surface area (Å²) in [7, 11) is 0. The van der Waals surface area contributed by atoms with Crippen LogP contribution in [0.3, 0.4) is 0 Å². The molecule has 0 spiro atoms. The lowest BCUT2D eigenvalue weighted by atomic mass is 10.2. The molecular weight excluding hydrogens is 338 g/mol. The zero-order chi connectivity index (χ0) is 18.4. The third kappa shape index (κ3) is 5.06. The van der Waals surface area contributed by atoms with Gasteiger partial charge in [-0.3, -0.25) is 4.79 Å². The fraction of sp³-hybridized carbons (Fsp3) is 0.368. The van der Waals surface area contributed by atoms with Crippen LogP contribution in [0.15, 0.2) is 30.3 Å². The molecule has 1 heterocycles. The Morgan fingerprint density at radius 1 is 1.20 bits per heavy atom. The van der Waals surface area contributed by atoms with Gasteiger partial charge in [0.1, 0.15) is 10.6 Å².